The van der Waals surface area contributed by atoms with E-state index < -0.39 is 26.7 Å². The number of thioether (sulfide) groups is 1. The second-order valence-electron chi connectivity index (χ2n) is 12.5. The summed E-state index contributed by atoms with van der Waals surface area (Å²) in [5.74, 6) is 2.23. The third-order valence-corrected chi connectivity index (χ3v) is 13.7. The van der Waals surface area contributed by atoms with E-state index in [0.29, 0.717) is 28.6 Å². The summed E-state index contributed by atoms with van der Waals surface area (Å²) in [4.78, 5) is 23.3. The number of carbonyl (C=O) groups is 2. The maximum Gasteiger partial charge on any atom is 0.529 e. The molecule has 2 N–H and O–H groups in total. The van der Waals surface area contributed by atoms with Gasteiger partial charge < -0.3 is 42.9 Å². The summed E-state index contributed by atoms with van der Waals surface area (Å²) < 4.78 is 57.6. The molecule has 0 fully saturated rings. The maximum atomic E-state index is 11.9. The number of nitrogens with one attached hydrogen (secondary N) is 2. The van der Waals surface area contributed by atoms with Crippen LogP contribution in [0.15, 0.2) is 107 Å². The quantitative estimate of drug-likeness (QED) is 0.0468. The van der Waals surface area contributed by atoms with Gasteiger partial charge in [0, 0.05) is 75.7 Å². The van der Waals surface area contributed by atoms with E-state index in [4.69, 9.17) is 90.5 Å². The monoisotopic (exact) mass is 1050 g/mol. The molecule has 0 radical (unpaired) electrons. The molecule has 0 saturated heterocycles. The summed E-state index contributed by atoms with van der Waals surface area (Å²) in [5.41, 5.74) is 2.50. The van der Waals surface area contributed by atoms with Crippen LogP contribution < -0.4 is 29.4 Å². The normalized spacial score (nSPS) is 11.1. The van der Waals surface area contributed by atoms with Gasteiger partial charge in [-0.05, 0) is 86.5 Å². The number of hydrogen-bond acceptors (Lipinski definition) is 14. The predicted molar refractivity (Wildman–Crippen MR) is 266 cm³/mol. The first kappa shape index (κ1) is 57.4. The minimum atomic E-state index is -3.75. The van der Waals surface area contributed by atoms with Crippen molar-refractivity contribution in [3.63, 3.8) is 0 Å². The van der Waals surface area contributed by atoms with Gasteiger partial charge in [0.15, 0.2) is 17.3 Å². The van der Waals surface area contributed by atoms with Gasteiger partial charge >= 0.3 is 26.7 Å². The highest BCUT2D eigenvalue weighted by molar-refractivity contribution is 8.07. The van der Waals surface area contributed by atoms with Crippen LogP contribution in [0.1, 0.15) is 25.0 Å². The van der Waals surface area contributed by atoms with E-state index in [1.54, 1.807) is 36.0 Å². The van der Waals surface area contributed by atoms with Gasteiger partial charge in [0.1, 0.15) is 11.5 Å². The second-order valence-corrected chi connectivity index (χ2v) is 19.8. The van der Waals surface area contributed by atoms with Crippen molar-refractivity contribution in [2.45, 2.75) is 31.8 Å². The van der Waals surface area contributed by atoms with Crippen LogP contribution in [-0.2, 0) is 39.0 Å². The van der Waals surface area contributed by atoms with Crippen molar-refractivity contribution in [3.8, 4) is 23.0 Å². The highest BCUT2D eigenvalue weighted by atomic mass is 35.5. The number of benzene rings is 5. The second kappa shape index (κ2) is 29.1. The largest absolute Gasteiger partial charge is 0.529 e. The van der Waals surface area contributed by atoms with Crippen molar-refractivity contribution in [3.05, 3.63) is 129 Å². The third-order valence-electron chi connectivity index (χ3n) is 7.84. The summed E-state index contributed by atoms with van der Waals surface area (Å²) >= 11 is 30.1. The van der Waals surface area contributed by atoms with E-state index in [0.717, 1.165) is 21.9 Å². The summed E-state index contributed by atoms with van der Waals surface area (Å²) in [6, 6.07) is 29.1. The molecule has 0 bridgehead atoms. The fourth-order valence-corrected chi connectivity index (χ4v) is 7.83. The predicted octanol–water partition coefficient (Wildman–Crippen LogP) is 14.0. The van der Waals surface area contributed by atoms with Crippen molar-refractivity contribution in [1.29, 1.82) is 0 Å². The van der Waals surface area contributed by atoms with Gasteiger partial charge in [0.25, 0.3) is 0 Å². The molecule has 0 aliphatic heterocycles. The maximum absolute atomic E-state index is 11.9. The number of halogens is 4. The van der Waals surface area contributed by atoms with E-state index >= 15 is 0 Å². The van der Waals surface area contributed by atoms with Crippen molar-refractivity contribution in [2.24, 2.45) is 0 Å². The number of aryl methyl sites for hydroxylation is 1. The molecule has 0 unspecified atom stereocenters. The van der Waals surface area contributed by atoms with Gasteiger partial charge in [0.2, 0.25) is 0 Å². The molecule has 65 heavy (non-hydrogen) atoms. The number of para-hydroxylation sites is 2. The molecule has 0 atom stereocenters. The Kier molecular flexibility index (Phi) is 25.7. The number of phosphoric ester groups is 1. The van der Waals surface area contributed by atoms with Crippen LogP contribution in [0.2, 0.25) is 15.1 Å². The molecule has 354 valence electrons. The van der Waals surface area contributed by atoms with Gasteiger partial charge in [-0.2, -0.15) is 0 Å². The number of ether oxygens (including phenoxy) is 3. The van der Waals surface area contributed by atoms with E-state index in [-0.39, 0.29) is 26.9 Å². The SMILES string of the molecule is CNC(=O)Oc1cccc2ccccc12.CNC(=O)Oc1ccccc1OC(C)C.COP(=O)(OC)O/C(=C\Cl)c1cc(Cl)c(Cl)cc1Cl.COP(=S)(OC)Oc1ccc(SC)c(C)c1. The van der Waals surface area contributed by atoms with Crippen LogP contribution in [0.25, 0.3) is 16.5 Å². The van der Waals surface area contributed by atoms with Gasteiger partial charge in [0.05, 0.1) is 21.2 Å². The summed E-state index contributed by atoms with van der Waals surface area (Å²) in [6.45, 7) is 3.24. The lowest BCUT2D eigenvalue weighted by Crippen LogP contribution is -2.22. The summed E-state index contributed by atoms with van der Waals surface area (Å²) in [7, 11) is 4.62. The molecule has 0 aromatic heterocycles. The van der Waals surface area contributed by atoms with Gasteiger partial charge in [-0.1, -0.05) is 94.9 Å². The first-order chi connectivity index (χ1) is 30.8. The molecule has 5 aromatic carbocycles. The van der Waals surface area contributed by atoms with E-state index in [1.807, 2.05) is 87.7 Å². The minimum absolute atomic E-state index is 0.0164. The number of phosphoric acid groups is 1. The Labute approximate surface area is 409 Å². The third kappa shape index (κ3) is 19.2. The average Bonchev–Trinajstić information content (AvgIpc) is 3.30. The van der Waals surface area contributed by atoms with Gasteiger partial charge in [-0.25, -0.2) is 14.2 Å². The molecule has 0 saturated carbocycles. The van der Waals surface area contributed by atoms with E-state index in [2.05, 4.69) is 19.7 Å². The lowest BCUT2D eigenvalue weighted by atomic mass is 10.1. The number of hydrogen-bond donors (Lipinski definition) is 2. The average molecular weight is 1050 g/mol. The zero-order chi connectivity index (χ0) is 48.7. The van der Waals surface area contributed by atoms with E-state index in [9.17, 15) is 14.2 Å². The van der Waals surface area contributed by atoms with Crippen LogP contribution in [0, 0.1) is 6.92 Å². The molecule has 0 aliphatic carbocycles. The fourth-order valence-electron chi connectivity index (χ4n) is 4.77. The van der Waals surface area contributed by atoms with Crippen LogP contribution in [-0.4, -0.2) is 67.1 Å². The molecule has 5 rings (SSSR count). The Morgan fingerprint density at radius 2 is 1.26 bits per heavy atom. The Bertz CT molecular complexity index is 2450. The molecule has 0 heterocycles. The lowest BCUT2D eigenvalue weighted by Gasteiger charge is -2.18. The minimum Gasteiger partial charge on any atom is -0.487 e. The Hall–Kier alpha value is -3.73. The van der Waals surface area contributed by atoms with Crippen LogP contribution in [0.4, 0.5) is 9.59 Å². The standard InChI is InChI=1S/C12H11NO2.C11H15NO3.C10H9Cl4O4P.C10H15O3PS2/c1-13-12(14)15-11-8-4-6-9-5-2-3-7-10(9)11;1-8(2)14-9-6-4-5-7-10(9)15-11(13)12-3;1-16-19(15,17-2)18-10(5-11)6-3-8(13)9(14)4-7(6)12;1-8-7-9(5-6-10(8)16-4)13-14(15,11-2)12-3/h2-8H,1H3,(H,13,14);4-8H,1-3H3,(H,12,13);3-5H,1-2H3;5-7H,1-4H3/b;;10-5-;. The molecule has 5 aromatic rings. The van der Waals surface area contributed by atoms with Crippen molar-refractivity contribution < 1.29 is 55.5 Å². The number of fused-ring (bicyclic) bond motifs is 1. The van der Waals surface area contributed by atoms with Crippen LogP contribution >= 0.6 is 72.7 Å². The molecule has 0 aliphatic rings. The molecular weight excluding hydrogens is 1000 g/mol. The Morgan fingerprint density at radius 3 is 1.80 bits per heavy atom. The summed E-state index contributed by atoms with van der Waals surface area (Å²) in [6.07, 6.45) is 1.12. The molecule has 14 nitrogen and oxygen atoms in total. The van der Waals surface area contributed by atoms with Crippen LogP contribution in [0.3, 0.4) is 0 Å². The lowest BCUT2D eigenvalue weighted by molar-refractivity contribution is 0.194. The topological polar surface area (TPSA) is 158 Å². The summed E-state index contributed by atoms with van der Waals surface area (Å²) in [5, 5.41) is 7.52. The van der Waals surface area contributed by atoms with Crippen molar-refractivity contribution >= 4 is 113 Å². The Balaban J connectivity index is 0.000000299. The van der Waals surface area contributed by atoms with E-state index in [1.165, 1.54) is 59.6 Å². The van der Waals surface area contributed by atoms with Crippen LogP contribution in [0.5, 0.6) is 23.0 Å². The first-order valence-electron chi connectivity index (χ1n) is 18.8. The van der Waals surface area contributed by atoms with Gasteiger partial charge in [-0.15, -0.1) is 11.8 Å². The first-order valence-corrected chi connectivity index (χ1v) is 25.6. The zero-order valence-electron chi connectivity index (χ0n) is 37.0. The van der Waals surface area contributed by atoms with Crippen molar-refractivity contribution in [1.82, 2.24) is 10.6 Å². The highest BCUT2D eigenvalue weighted by Gasteiger charge is 2.27. The fraction of sp³-hybridized carbons (Fsp3) is 0.256. The highest BCUT2D eigenvalue weighted by Crippen LogP contribution is 2.52. The number of carbonyl (C=O) groups excluding carboxylic acids is 2. The smallest absolute Gasteiger partial charge is 0.487 e. The molecule has 22 heteroatoms. The number of rotatable bonds is 14. The molecule has 0 spiro atoms. The number of amides is 2. The van der Waals surface area contributed by atoms with Gasteiger partial charge in [-0.3, -0.25) is 9.05 Å². The zero-order valence-corrected chi connectivity index (χ0v) is 43.5. The van der Waals surface area contributed by atoms with Crippen molar-refractivity contribution in [2.75, 3.05) is 48.8 Å². The molecular formula is C43H50Cl4N2O12P2S2. The molecule has 2 amide bonds. The Morgan fingerprint density at radius 1 is 0.723 bits per heavy atom.